The summed E-state index contributed by atoms with van der Waals surface area (Å²) in [6.45, 7) is 2.19. The number of anilines is 1. The van der Waals surface area contributed by atoms with Crippen LogP contribution in [-0.2, 0) is 0 Å². The minimum absolute atomic E-state index is 0.117. The number of nitrogens with zero attached hydrogens (tertiary/aromatic N) is 3. The molecule has 0 aliphatic rings. The Labute approximate surface area is 171 Å². The Morgan fingerprint density at radius 3 is 2.75 bits per heavy atom. The van der Waals surface area contributed by atoms with Crippen LogP contribution in [0.4, 0.5) is 5.82 Å². The molecular weight excluding hydrogens is 392 g/mol. The molecule has 0 spiro atoms. The highest BCUT2D eigenvalue weighted by molar-refractivity contribution is 7.18. The van der Waals surface area contributed by atoms with Crippen LogP contribution >= 0.6 is 22.9 Å². The van der Waals surface area contributed by atoms with E-state index in [0.29, 0.717) is 16.4 Å². The Bertz CT molecular complexity index is 1140. The molecule has 2 N–H and O–H groups in total. The third-order valence-electron chi connectivity index (χ3n) is 4.43. The number of aromatic nitrogens is 2. The summed E-state index contributed by atoms with van der Waals surface area (Å²) in [5.74, 6) is 1.03. The third kappa shape index (κ3) is 3.83. The molecule has 2 aromatic carbocycles. The maximum atomic E-state index is 9.43. The molecule has 2 aromatic heterocycles. The molecule has 4 aromatic rings. The minimum atomic E-state index is 0.117. The van der Waals surface area contributed by atoms with Crippen molar-refractivity contribution in [3.63, 3.8) is 0 Å². The average Bonchev–Trinajstić information content (AvgIpc) is 3.15. The molecule has 2 heterocycles. The van der Waals surface area contributed by atoms with Gasteiger partial charge in [-0.05, 0) is 29.8 Å². The van der Waals surface area contributed by atoms with Gasteiger partial charge in [0.05, 0.1) is 16.6 Å². The molecule has 140 valence electrons. The van der Waals surface area contributed by atoms with Crippen LogP contribution in [0.25, 0.3) is 10.2 Å². The number of thiophene rings is 1. The summed E-state index contributed by atoms with van der Waals surface area (Å²) in [6, 6.07) is 17.2. The number of halogens is 1. The van der Waals surface area contributed by atoms with Crippen molar-refractivity contribution in [1.29, 1.82) is 0 Å². The van der Waals surface area contributed by atoms with Crippen LogP contribution < -0.4 is 5.43 Å². The Morgan fingerprint density at radius 2 is 1.96 bits per heavy atom. The first kappa shape index (κ1) is 18.4. The fraction of sp³-hybridized carbons (Fsp3) is 0.0952. The van der Waals surface area contributed by atoms with E-state index >= 15 is 0 Å². The molecule has 5 nitrogen and oxygen atoms in total. The second-order valence-corrected chi connectivity index (χ2v) is 7.77. The van der Waals surface area contributed by atoms with E-state index in [1.54, 1.807) is 29.7 Å². The molecule has 0 aliphatic heterocycles. The van der Waals surface area contributed by atoms with Crippen molar-refractivity contribution in [3.05, 3.63) is 82.0 Å². The van der Waals surface area contributed by atoms with Gasteiger partial charge in [-0.3, -0.25) is 5.43 Å². The molecule has 0 saturated carbocycles. The summed E-state index contributed by atoms with van der Waals surface area (Å²) >= 11 is 7.76. The molecule has 0 fully saturated rings. The lowest BCUT2D eigenvalue weighted by Crippen LogP contribution is -1.95. The van der Waals surface area contributed by atoms with Gasteiger partial charge in [0.15, 0.2) is 5.82 Å². The van der Waals surface area contributed by atoms with Gasteiger partial charge in [-0.2, -0.15) is 5.10 Å². The number of hydrogen-bond acceptors (Lipinski definition) is 6. The van der Waals surface area contributed by atoms with Crippen molar-refractivity contribution in [2.45, 2.75) is 12.8 Å². The Balaban J connectivity index is 1.59. The number of aromatic hydroxyl groups is 1. The SMILES string of the molecule is CC(c1ccccc1)c1cc2c(N/N=C/c3ccc(O)cc3Cl)ncnc2s1. The molecule has 1 atom stereocenters. The number of fused-ring (bicyclic) bond motifs is 1. The van der Waals surface area contributed by atoms with Crippen molar-refractivity contribution in [1.82, 2.24) is 9.97 Å². The van der Waals surface area contributed by atoms with Crippen LogP contribution in [-0.4, -0.2) is 21.3 Å². The van der Waals surface area contributed by atoms with Gasteiger partial charge in [0, 0.05) is 16.4 Å². The largest absolute Gasteiger partial charge is 0.508 e. The first-order valence-electron chi connectivity index (χ1n) is 8.69. The van der Waals surface area contributed by atoms with Gasteiger partial charge in [-0.15, -0.1) is 11.3 Å². The van der Waals surface area contributed by atoms with Crippen molar-refractivity contribution < 1.29 is 5.11 Å². The maximum Gasteiger partial charge on any atom is 0.158 e. The number of phenolic OH excluding ortho intramolecular Hbond substituents is 1. The Hall–Kier alpha value is -2.96. The molecule has 7 heteroatoms. The molecule has 0 saturated heterocycles. The fourth-order valence-electron chi connectivity index (χ4n) is 2.87. The minimum Gasteiger partial charge on any atom is -0.508 e. The van der Waals surface area contributed by atoms with E-state index in [2.05, 4.69) is 57.8 Å². The van der Waals surface area contributed by atoms with Crippen LogP contribution in [0.5, 0.6) is 5.75 Å². The molecule has 4 rings (SSSR count). The van der Waals surface area contributed by atoms with Crippen molar-refractivity contribution in [3.8, 4) is 5.75 Å². The van der Waals surface area contributed by atoms with Gasteiger partial charge < -0.3 is 5.11 Å². The summed E-state index contributed by atoms with van der Waals surface area (Å²) in [6.07, 6.45) is 3.12. The standard InChI is InChI=1S/C21H17ClN4OS/c1-13(14-5-3-2-4-6-14)19-10-17-20(23-12-24-21(17)28-19)26-25-11-15-7-8-16(27)9-18(15)22/h2-13,27H,1H3,(H,23,24,26)/b25-11+. The predicted octanol–water partition coefficient (Wildman–Crippen LogP) is 5.65. The van der Waals surface area contributed by atoms with E-state index in [-0.39, 0.29) is 11.7 Å². The van der Waals surface area contributed by atoms with E-state index in [4.69, 9.17) is 11.6 Å². The fourth-order valence-corrected chi connectivity index (χ4v) is 4.17. The topological polar surface area (TPSA) is 70.4 Å². The van der Waals surface area contributed by atoms with E-state index in [1.165, 1.54) is 22.8 Å². The van der Waals surface area contributed by atoms with Gasteiger partial charge >= 0.3 is 0 Å². The zero-order valence-electron chi connectivity index (χ0n) is 15.0. The molecule has 0 bridgehead atoms. The van der Waals surface area contributed by atoms with Gasteiger partial charge in [0.25, 0.3) is 0 Å². The average molecular weight is 409 g/mol. The van der Waals surface area contributed by atoms with Crippen LogP contribution in [0, 0.1) is 0 Å². The number of hydrazone groups is 1. The molecule has 1 unspecified atom stereocenters. The number of benzene rings is 2. The summed E-state index contributed by atoms with van der Waals surface area (Å²) in [4.78, 5) is 10.8. The summed E-state index contributed by atoms with van der Waals surface area (Å²) < 4.78 is 0. The first-order valence-corrected chi connectivity index (χ1v) is 9.88. The third-order valence-corrected chi connectivity index (χ3v) is 5.99. The molecule has 0 radical (unpaired) electrons. The Kier molecular flexibility index (Phi) is 5.23. The van der Waals surface area contributed by atoms with Crippen LogP contribution in [0.1, 0.15) is 28.8 Å². The molecular formula is C21H17ClN4OS. The second-order valence-electron chi connectivity index (χ2n) is 6.30. The van der Waals surface area contributed by atoms with E-state index in [1.807, 2.05) is 6.07 Å². The maximum absolute atomic E-state index is 9.43. The van der Waals surface area contributed by atoms with Gasteiger partial charge in [-0.25, -0.2) is 9.97 Å². The second kappa shape index (κ2) is 7.96. The smallest absolute Gasteiger partial charge is 0.158 e. The van der Waals surface area contributed by atoms with Crippen LogP contribution in [0.2, 0.25) is 5.02 Å². The van der Waals surface area contributed by atoms with Crippen molar-refractivity contribution >= 4 is 45.2 Å². The monoisotopic (exact) mass is 408 g/mol. The van der Waals surface area contributed by atoms with Crippen molar-refractivity contribution in [2.24, 2.45) is 5.10 Å². The number of hydrogen-bond donors (Lipinski definition) is 2. The van der Waals surface area contributed by atoms with Crippen molar-refractivity contribution in [2.75, 3.05) is 5.43 Å². The first-order chi connectivity index (χ1) is 13.6. The molecule has 0 aliphatic carbocycles. The highest BCUT2D eigenvalue weighted by Crippen LogP contribution is 2.35. The zero-order chi connectivity index (χ0) is 19.5. The lowest BCUT2D eigenvalue weighted by Gasteiger charge is -2.08. The normalized spacial score (nSPS) is 12.5. The van der Waals surface area contributed by atoms with Crippen LogP contribution in [0.3, 0.4) is 0 Å². The van der Waals surface area contributed by atoms with E-state index in [9.17, 15) is 5.11 Å². The number of rotatable bonds is 5. The highest BCUT2D eigenvalue weighted by Gasteiger charge is 2.14. The summed E-state index contributed by atoms with van der Waals surface area (Å²) in [5, 5.41) is 15.0. The van der Waals surface area contributed by atoms with Gasteiger partial charge in [0.1, 0.15) is 16.9 Å². The summed E-state index contributed by atoms with van der Waals surface area (Å²) in [7, 11) is 0. The zero-order valence-corrected chi connectivity index (χ0v) is 16.6. The van der Waals surface area contributed by atoms with Crippen LogP contribution in [0.15, 0.2) is 66.0 Å². The van der Waals surface area contributed by atoms with E-state index < -0.39 is 0 Å². The van der Waals surface area contributed by atoms with Gasteiger partial charge in [-0.1, -0.05) is 48.9 Å². The summed E-state index contributed by atoms with van der Waals surface area (Å²) in [5.41, 5.74) is 4.93. The molecule has 28 heavy (non-hydrogen) atoms. The lowest BCUT2D eigenvalue weighted by molar-refractivity contribution is 0.475. The van der Waals surface area contributed by atoms with E-state index in [0.717, 1.165) is 10.2 Å². The lowest BCUT2D eigenvalue weighted by atomic mass is 9.99. The quantitative estimate of drug-likeness (QED) is 0.330. The number of nitrogens with one attached hydrogen (secondary N) is 1. The Morgan fingerprint density at radius 1 is 1.14 bits per heavy atom. The predicted molar refractivity (Wildman–Crippen MR) is 116 cm³/mol. The number of phenols is 1. The van der Waals surface area contributed by atoms with Gasteiger partial charge in [0.2, 0.25) is 0 Å². The highest BCUT2D eigenvalue weighted by atomic mass is 35.5. The molecule has 0 amide bonds.